The van der Waals surface area contributed by atoms with Gasteiger partial charge in [-0.1, -0.05) is 5.16 Å². The summed E-state index contributed by atoms with van der Waals surface area (Å²) in [6, 6.07) is 3.20. The highest BCUT2D eigenvalue weighted by Crippen LogP contribution is 2.29. The lowest BCUT2D eigenvalue weighted by Gasteiger charge is -2.08. The fourth-order valence-electron chi connectivity index (χ4n) is 2.32. The average Bonchev–Trinajstić information content (AvgIpc) is 3.05. The van der Waals surface area contributed by atoms with E-state index >= 15 is 0 Å². The normalized spacial score (nSPS) is 23.3. The minimum atomic E-state index is -3.37. The number of sulfone groups is 1. The van der Waals surface area contributed by atoms with Gasteiger partial charge in [0.2, 0.25) is 26.6 Å². The maximum absolute atomic E-state index is 11.4. The Hall–Kier alpha value is -1.67. The number of hydrogen-bond donors (Lipinski definition) is 1. The maximum atomic E-state index is 11.4. The first-order chi connectivity index (χ1) is 9.45. The van der Waals surface area contributed by atoms with Crippen molar-refractivity contribution in [1.82, 2.24) is 15.5 Å². The van der Waals surface area contributed by atoms with Crippen LogP contribution in [-0.4, -0.2) is 37.4 Å². The number of aromatic nitrogens is 2. The fraction of sp³-hybridized carbons (Fsp3) is 0.500. The van der Waals surface area contributed by atoms with Gasteiger partial charge < -0.3 is 14.3 Å². The minimum Gasteiger partial charge on any atom is -0.441 e. The first-order valence-corrected chi connectivity index (χ1v) is 8.21. The molecule has 1 N–H and O–H groups in total. The predicted molar refractivity (Wildman–Crippen MR) is 69.9 cm³/mol. The van der Waals surface area contributed by atoms with Crippen LogP contribution in [0.4, 0.5) is 0 Å². The van der Waals surface area contributed by atoms with E-state index in [0.717, 1.165) is 19.2 Å². The average molecular weight is 297 g/mol. The Balaban J connectivity index is 1.88. The van der Waals surface area contributed by atoms with Crippen LogP contribution in [0, 0.1) is 0 Å². The third-order valence-electron chi connectivity index (χ3n) is 3.45. The standard InChI is InChI=1S/C12H15N3O4S/c1-7-8(5-6-13-7)12-14-11(15-19-12)9-3-4-10(18-9)20(2,16)17/h3-4,7-8,13H,5-6H2,1-2H3. The van der Waals surface area contributed by atoms with Crippen LogP contribution in [0.3, 0.4) is 0 Å². The molecule has 3 rings (SSSR count). The van der Waals surface area contributed by atoms with Crippen molar-refractivity contribution in [2.75, 3.05) is 12.8 Å². The molecule has 0 spiro atoms. The molecule has 1 saturated heterocycles. The lowest BCUT2D eigenvalue weighted by Crippen LogP contribution is -2.21. The summed E-state index contributed by atoms with van der Waals surface area (Å²) >= 11 is 0. The summed E-state index contributed by atoms with van der Waals surface area (Å²) in [7, 11) is -3.37. The largest absolute Gasteiger partial charge is 0.441 e. The topological polar surface area (TPSA) is 98.2 Å². The molecule has 0 aliphatic carbocycles. The number of hydrogen-bond acceptors (Lipinski definition) is 7. The summed E-state index contributed by atoms with van der Waals surface area (Å²) in [6.45, 7) is 2.98. The van der Waals surface area contributed by atoms with Crippen LogP contribution in [0.15, 0.2) is 26.2 Å². The van der Waals surface area contributed by atoms with Crippen molar-refractivity contribution in [2.24, 2.45) is 0 Å². The van der Waals surface area contributed by atoms with E-state index in [9.17, 15) is 8.42 Å². The van der Waals surface area contributed by atoms with Crippen LogP contribution in [0.1, 0.15) is 25.2 Å². The van der Waals surface area contributed by atoms with E-state index in [4.69, 9.17) is 8.94 Å². The monoisotopic (exact) mass is 297 g/mol. The Labute approximate surface area is 116 Å². The van der Waals surface area contributed by atoms with Gasteiger partial charge in [-0.3, -0.25) is 0 Å². The van der Waals surface area contributed by atoms with E-state index in [-0.39, 0.29) is 22.9 Å². The zero-order chi connectivity index (χ0) is 14.3. The molecule has 3 heterocycles. The van der Waals surface area contributed by atoms with Crippen molar-refractivity contribution in [2.45, 2.75) is 30.4 Å². The molecular weight excluding hydrogens is 282 g/mol. The number of nitrogens with zero attached hydrogens (tertiary/aromatic N) is 2. The van der Waals surface area contributed by atoms with E-state index < -0.39 is 9.84 Å². The molecule has 1 aliphatic rings. The van der Waals surface area contributed by atoms with Crippen molar-refractivity contribution in [3.63, 3.8) is 0 Å². The number of nitrogens with one attached hydrogen (secondary N) is 1. The third-order valence-corrected chi connectivity index (χ3v) is 4.40. The smallest absolute Gasteiger partial charge is 0.238 e. The molecule has 108 valence electrons. The van der Waals surface area contributed by atoms with Crippen LogP contribution in [0.2, 0.25) is 0 Å². The molecule has 7 nitrogen and oxygen atoms in total. The van der Waals surface area contributed by atoms with Gasteiger partial charge in [-0.2, -0.15) is 4.98 Å². The van der Waals surface area contributed by atoms with Gasteiger partial charge in [0.15, 0.2) is 5.76 Å². The van der Waals surface area contributed by atoms with E-state index in [2.05, 4.69) is 22.4 Å². The lowest BCUT2D eigenvalue weighted by molar-refractivity contribution is 0.344. The Bertz CT molecular complexity index is 719. The van der Waals surface area contributed by atoms with Gasteiger partial charge >= 0.3 is 0 Å². The number of rotatable bonds is 3. The second-order valence-electron chi connectivity index (χ2n) is 4.99. The Kier molecular flexibility index (Phi) is 3.14. The molecule has 2 aromatic heterocycles. The molecular formula is C12H15N3O4S. The van der Waals surface area contributed by atoms with Crippen molar-refractivity contribution >= 4 is 9.84 Å². The lowest BCUT2D eigenvalue weighted by atomic mass is 10.0. The summed E-state index contributed by atoms with van der Waals surface area (Å²) in [6.07, 6.45) is 2.03. The van der Waals surface area contributed by atoms with Gasteiger partial charge in [-0.25, -0.2) is 8.42 Å². The molecule has 8 heteroatoms. The molecule has 0 aromatic carbocycles. The Morgan fingerprint density at radius 3 is 2.80 bits per heavy atom. The van der Waals surface area contributed by atoms with Gasteiger partial charge in [0.1, 0.15) is 0 Å². The summed E-state index contributed by atoms with van der Waals surface area (Å²) in [4.78, 5) is 4.30. The molecule has 2 aromatic rings. The van der Waals surface area contributed by atoms with Gasteiger partial charge in [0, 0.05) is 12.3 Å². The molecule has 0 radical (unpaired) electrons. The maximum Gasteiger partial charge on any atom is 0.238 e. The summed E-state index contributed by atoms with van der Waals surface area (Å²) in [5, 5.41) is 7.07. The second kappa shape index (κ2) is 4.71. The van der Waals surface area contributed by atoms with Crippen LogP contribution >= 0.6 is 0 Å². The van der Waals surface area contributed by atoms with E-state index in [1.54, 1.807) is 0 Å². The zero-order valence-corrected chi connectivity index (χ0v) is 12.0. The molecule has 0 bridgehead atoms. The molecule has 20 heavy (non-hydrogen) atoms. The molecule has 0 amide bonds. The van der Waals surface area contributed by atoms with Gasteiger partial charge in [-0.15, -0.1) is 0 Å². The van der Waals surface area contributed by atoms with Crippen LogP contribution < -0.4 is 5.32 Å². The molecule has 1 fully saturated rings. The Morgan fingerprint density at radius 2 is 2.20 bits per heavy atom. The van der Waals surface area contributed by atoms with Crippen molar-refractivity contribution in [1.29, 1.82) is 0 Å². The van der Waals surface area contributed by atoms with Crippen LogP contribution in [0.25, 0.3) is 11.6 Å². The van der Waals surface area contributed by atoms with E-state index in [1.165, 1.54) is 12.1 Å². The van der Waals surface area contributed by atoms with Crippen LogP contribution in [0.5, 0.6) is 0 Å². The minimum absolute atomic E-state index is 0.102. The van der Waals surface area contributed by atoms with E-state index in [1.807, 2.05) is 0 Å². The first kappa shape index (κ1) is 13.3. The highest BCUT2D eigenvalue weighted by atomic mass is 32.2. The highest BCUT2D eigenvalue weighted by molar-refractivity contribution is 7.90. The van der Waals surface area contributed by atoms with Crippen molar-refractivity contribution in [3.8, 4) is 11.6 Å². The molecule has 0 saturated carbocycles. The van der Waals surface area contributed by atoms with E-state index in [0.29, 0.717) is 11.7 Å². The first-order valence-electron chi connectivity index (χ1n) is 6.32. The molecule has 2 unspecified atom stereocenters. The predicted octanol–water partition coefficient (Wildman–Crippen LogP) is 1.20. The highest BCUT2D eigenvalue weighted by Gasteiger charge is 2.30. The second-order valence-corrected chi connectivity index (χ2v) is 6.93. The van der Waals surface area contributed by atoms with Crippen molar-refractivity contribution in [3.05, 3.63) is 18.0 Å². The third kappa shape index (κ3) is 2.36. The van der Waals surface area contributed by atoms with Gasteiger partial charge in [0.05, 0.1) is 5.92 Å². The van der Waals surface area contributed by atoms with Gasteiger partial charge in [0.25, 0.3) is 0 Å². The van der Waals surface area contributed by atoms with Crippen LogP contribution in [-0.2, 0) is 9.84 Å². The SMILES string of the molecule is CC1NCCC1c1nc(-c2ccc(S(C)(=O)=O)o2)no1. The van der Waals surface area contributed by atoms with Gasteiger partial charge in [-0.05, 0) is 32.0 Å². The Morgan fingerprint density at radius 1 is 1.40 bits per heavy atom. The molecule has 1 aliphatic heterocycles. The summed E-state index contributed by atoms with van der Waals surface area (Å²) in [5.74, 6) is 1.29. The van der Waals surface area contributed by atoms with Crippen molar-refractivity contribution < 1.29 is 17.4 Å². The molecule has 2 atom stereocenters. The summed E-state index contributed by atoms with van der Waals surface area (Å²) < 4.78 is 33.2. The fourth-order valence-corrected chi connectivity index (χ4v) is 2.88. The quantitative estimate of drug-likeness (QED) is 0.908. The number of furan rings is 1. The summed E-state index contributed by atoms with van der Waals surface area (Å²) in [5.41, 5.74) is 0. The zero-order valence-electron chi connectivity index (χ0n) is 11.2.